The molecule has 0 unspecified atom stereocenters. The lowest BCUT2D eigenvalue weighted by atomic mass is 9.95. The molecule has 0 bridgehead atoms. The Labute approximate surface area is 169 Å². The second-order valence-electron chi connectivity index (χ2n) is 7.00. The molecule has 0 atom stereocenters. The number of hydrogen-bond donors (Lipinski definition) is 0. The minimum absolute atomic E-state index is 0.638. The Bertz CT molecular complexity index is 671. The van der Waals surface area contributed by atoms with Crippen LogP contribution in [0.2, 0.25) is 10.0 Å². The van der Waals surface area contributed by atoms with Crippen LogP contribution in [0, 0.1) is 0 Å². The van der Waals surface area contributed by atoms with E-state index in [9.17, 15) is 0 Å². The third-order valence-electron chi connectivity index (χ3n) is 4.75. The summed E-state index contributed by atoms with van der Waals surface area (Å²) in [6.07, 6.45) is 9.08. The fraction of sp³-hybridized carbons (Fsp3) is 0.522. The Hall–Kier alpha value is -1.05. The second kappa shape index (κ2) is 10.3. The normalized spacial score (nSPS) is 14.6. The molecule has 1 aliphatic carbocycles. The van der Waals surface area contributed by atoms with E-state index in [1.807, 2.05) is 12.1 Å². The van der Waals surface area contributed by atoms with Gasteiger partial charge in [0.15, 0.2) is 0 Å². The maximum Gasteiger partial charge on any atom is 0.0706 e. The van der Waals surface area contributed by atoms with Crippen LogP contribution in [-0.4, -0.2) is 5.71 Å². The van der Waals surface area contributed by atoms with Crippen LogP contribution in [0.1, 0.15) is 79.1 Å². The second-order valence-corrected chi connectivity index (χ2v) is 7.88. The summed E-state index contributed by atoms with van der Waals surface area (Å²) in [4.78, 5) is 5.08. The number of allylic oxidation sites excluding steroid dienone is 4. The largest absolute Gasteiger partial charge is 0.248 e. The highest BCUT2D eigenvalue weighted by Gasteiger charge is 2.28. The van der Waals surface area contributed by atoms with Gasteiger partial charge in [-0.25, -0.2) is 4.99 Å². The highest BCUT2D eigenvalue weighted by atomic mass is 35.5. The van der Waals surface area contributed by atoms with Crippen LogP contribution >= 0.6 is 23.2 Å². The molecule has 26 heavy (non-hydrogen) atoms. The minimum atomic E-state index is 0.638. The van der Waals surface area contributed by atoms with Gasteiger partial charge in [0.1, 0.15) is 0 Å². The molecule has 0 heterocycles. The van der Waals surface area contributed by atoms with Crippen molar-refractivity contribution < 1.29 is 0 Å². The van der Waals surface area contributed by atoms with Crippen molar-refractivity contribution in [2.24, 2.45) is 4.99 Å². The maximum absolute atomic E-state index is 6.21. The zero-order valence-electron chi connectivity index (χ0n) is 16.6. The monoisotopic (exact) mass is 391 g/mol. The van der Waals surface area contributed by atoms with Crippen molar-refractivity contribution in [3.05, 3.63) is 50.5 Å². The van der Waals surface area contributed by atoms with Gasteiger partial charge >= 0.3 is 0 Å². The molecular formula is C23H31Cl2N. The van der Waals surface area contributed by atoms with Crippen molar-refractivity contribution in [2.75, 3.05) is 0 Å². The third-order valence-corrected chi connectivity index (χ3v) is 5.19. The van der Waals surface area contributed by atoms with E-state index in [1.165, 1.54) is 29.7 Å². The molecule has 2 rings (SSSR count). The standard InChI is InChI=1S/C23H31Cl2N/c1-5-9-19-20(10-6-2)22(12-8-4)23(21(19)11-7-3)26-18-14-16(24)13-17(25)15-18/h13-15H,5-12H2,1-4H3. The summed E-state index contributed by atoms with van der Waals surface area (Å²) in [5.41, 5.74) is 8.08. The van der Waals surface area contributed by atoms with Crippen LogP contribution in [0.25, 0.3) is 0 Å². The first-order valence-corrected chi connectivity index (χ1v) is 10.8. The predicted molar refractivity (Wildman–Crippen MR) is 117 cm³/mol. The van der Waals surface area contributed by atoms with E-state index in [1.54, 1.807) is 17.2 Å². The van der Waals surface area contributed by atoms with E-state index in [0.29, 0.717) is 10.0 Å². The van der Waals surface area contributed by atoms with Crippen molar-refractivity contribution in [3.63, 3.8) is 0 Å². The molecule has 0 aromatic heterocycles. The molecule has 0 fully saturated rings. The van der Waals surface area contributed by atoms with E-state index in [4.69, 9.17) is 28.2 Å². The number of nitrogens with zero attached hydrogens (tertiary/aromatic N) is 1. The number of aliphatic imine (C=N–C) groups is 1. The SMILES string of the molecule is CCCC1=C(CCC)C(CCC)=C(CCC)C1=Nc1cc(Cl)cc(Cl)c1. The first kappa shape index (κ1) is 21.3. The van der Waals surface area contributed by atoms with Crippen molar-refractivity contribution in [1.82, 2.24) is 0 Å². The molecule has 0 amide bonds. The fourth-order valence-electron chi connectivity index (χ4n) is 3.84. The van der Waals surface area contributed by atoms with Gasteiger partial charge in [-0.3, -0.25) is 0 Å². The van der Waals surface area contributed by atoms with Crippen molar-refractivity contribution in [1.29, 1.82) is 0 Å². The molecular weight excluding hydrogens is 361 g/mol. The van der Waals surface area contributed by atoms with Gasteiger partial charge < -0.3 is 0 Å². The first-order valence-electron chi connectivity index (χ1n) is 10.0. The Morgan fingerprint density at radius 2 is 1.00 bits per heavy atom. The van der Waals surface area contributed by atoms with Gasteiger partial charge in [0, 0.05) is 10.0 Å². The fourth-order valence-corrected chi connectivity index (χ4v) is 4.36. The average Bonchev–Trinajstić information content (AvgIpc) is 2.82. The van der Waals surface area contributed by atoms with Crippen LogP contribution in [0.5, 0.6) is 0 Å². The number of halogens is 2. The van der Waals surface area contributed by atoms with Crippen LogP contribution in [-0.2, 0) is 0 Å². The molecule has 1 aromatic rings. The van der Waals surface area contributed by atoms with Crippen LogP contribution in [0.3, 0.4) is 0 Å². The summed E-state index contributed by atoms with van der Waals surface area (Å²) in [5.74, 6) is 0. The van der Waals surface area contributed by atoms with Gasteiger partial charge in [-0.15, -0.1) is 0 Å². The summed E-state index contributed by atoms with van der Waals surface area (Å²) in [5, 5.41) is 1.28. The summed E-state index contributed by atoms with van der Waals surface area (Å²) in [6.45, 7) is 9.04. The van der Waals surface area contributed by atoms with Crippen molar-refractivity contribution >= 4 is 34.6 Å². The maximum atomic E-state index is 6.21. The van der Waals surface area contributed by atoms with Crippen molar-refractivity contribution in [3.8, 4) is 0 Å². The van der Waals surface area contributed by atoms with Crippen LogP contribution < -0.4 is 0 Å². The molecule has 142 valence electrons. The molecule has 0 N–H and O–H groups in total. The van der Waals surface area contributed by atoms with Gasteiger partial charge in [0.05, 0.1) is 11.4 Å². The molecule has 0 saturated heterocycles. The van der Waals surface area contributed by atoms with E-state index < -0.39 is 0 Å². The van der Waals surface area contributed by atoms with Crippen molar-refractivity contribution in [2.45, 2.75) is 79.1 Å². The molecule has 3 heteroatoms. The summed E-state index contributed by atoms with van der Waals surface area (Å²) in [7, 11) is 0. The van der Waals surface area contributed by atoms with Gasteiger partial charge in [0.2, 0.25) is 0 Å². The van der Waals surface area contributed by atoms with E-state index in [0.717, 1.165) is 44.2 Å². The quantitative estimate of drug-likeness (QED) is 0.398. The van der Waals surface area contributed by atoms with Crippen LogP contribution in [0.15, 0.2) is 45.5 Å². The van der Waals surface area contributed by atoms with E-state index in [2.05, 4.69) is 27.7 Å². The van der Waals surface area contributed by atoms with Gasteiger partial charge in [-0.1, -0.05) is 76.6 Å². The van der Waals surface area contributed by atoms with Gasteiger partial charge in [-0.2, -0.15) is 0 Å². The zero-order valence-corrected chi connectivity index (χ0v) is 18.1. The highest BCUT2D eigenvalue weighted by molar-refractivity contribution is 6.35. The zero-order chi connectivity index (χ0) is 19.1. The number of rotatable bonds is 9. The summed E-state index contributed by atoms with van der Waals surface area (Å²) >= 11 is 12.4. The Morgan fingerprint density at radius 1 is 0.615 bits per heavy atom. The molecule has 1 nitrogen and oxygen atoms in total. The smallest absolute Gasteiger partial charge is 0.0706 e. The third kappa shape index (κ3) is 5.02. The summed E-state index contributed by atoms with van der Waals surface area (Å²) < 4.78 is 0. The Kier molecular flexibility index (Phi) is 8.44. The lowest BCUT2D eigenvalue weighted by molar-refractivity contribution is 0.825. The molecule has 0 saturated carbocycles. The Morgan fingerprint density at radius 3 is 1.38 bits per heavy atom. The highest BCUT2D eigenvalue weighted by Crippen LogP contribution is 2.41. The summed E-state index contributed by atoms with van der Waals surface area (Å²) in [6, 6.07) is 5.58. The van der Waals surface area contributed by atoms with Crippen LogP contribution in [0.4, 0.5) is 5.69 Å². The first-order chi connectivity index (χ1) is 12.5. The lowest BCUT2D eigenvalue weighted by Crippen LogP contribution is -2.04. The van der Waals surface area contributed by atoms with E-state index >= 15 is 0 Å². The average molecular weight is 392 g/mol. The molecule has 1 aliphatic rings. The minimum Gasteiger partial charge on any atom is -0.248 e. The molecule has 1 aromatic carbocycles. The van der Waals surface area contributed by atoms with E-state index in [-0.39, 0.29) is 0 Å². The molecule has 0 spiro atoms. The topological polar surface area (TPSA) is 12.4 Å². The molecule has 0 radical (unpaired) electrons. The van der Waals surface area contributed by atoms with Gasteiger partial charge in [0.25, 0.3) is 0 Å². The number of hydrogen-bond acceptors (Lipinski definition) is 1. The number of benzene rings is 1. The van der Waals surface area contributed by atoms with Gasteiger partial charge in [-0.05, 0) is 66.2 Å². The molecule has 0 aliphatic heterocycles. The lowest BCUT2D eigenvalue weighted by Gasteiger charge is -2.10. The Balaban J connectivity index is 2.64. The predicted octanol–water partition coefficient (Wildman–Crippen LogP) is 8.87.